The number of aromatic nitrogens is 1. The van der Waals surface area contributed by atoms with Crippen LogP contribution in [0.2, 0.25) is 0 Å². The molecule has 4 N–H and O–H groups in total. The van der Waals surface area contributed by atoms with Crippen LogP contribution in [0.4, 0.5) is 21.0 Å². The highest BCUT2D eigenvalue weighted by Crippen LogP contribution is 2.32. The smallest absolute Gasteiger partial charge is 0.407 e. The lowest BCUT2D eigenvalue weighted by Gasteiger charge is -2.17. The van der Waals surface area contributed by atoms with Gasteiger partial charge in [0.05, 0.1) is 25.4 Å². The van der Waals surface area contributed by atoms with Crippen LogP contribution in [-0.4, -0.2) is 57.4 Å². The maximum atomic E-state index is 12.6. The van der Waals surface area contributed by atoms with E-state index in [9.17, 15) is 14.4 Å². The number of hydrogen-bond donors (Lipinski definition) is 4. The number of carbonyl (C=O) groups is 3. The molecule has 2 aromatic carbocycles. The van der Waals surface area contributed by atoms with Crippen LogP contribution in [0.1, 0.15) is 18.9 Å². The van der Waals surface area contributed by atoms with E-state index in [1.165, 1.54) is 13.5 Å². The molecule has 200 valence electrons. The summed E-state index contributed by atoms with van der Waals surface area (Å²) < 4.78 is 21.1. The number of amides is 3. The maximum absolute atomic E-state index is 12.6. The molecule has 13 heteroatoms. The monoisotopic (exact) mass is 523 g/mol. The molecule has 0 aliphatic carbocycles. The summed E-state index contributed by atoms with van der Waals surface area (Å²) in [6.45, 7) is 2.06. The second-order valence-electron chi connectivity index (χ2n) is 8.06. The van der Waals surface area contributed by atoms with Crippen molar-refractivity contribution in [2.45, 2.75) is 26.0 Å². The fourth-order valence-corrected chi connectivity index (χ4v) is 3.36. The Hall–Kier alpha value is -4.52. The van der Waals surface area contributed by atoms with Crippen LogP contribution < -0.4 is 25.9 Å². The maximum Gasteiger partial charge on any atom is 0.407 e. The Morgan fingerprint density at radius 3 is 2.58 bits per heavy atom. The number of hydrogen-bond acceptors (Lipinski definition) is 9. The number of benzene rings is 2. The van der Waals surface area contributed by atoms with Crippen LogP contribution in [0.3, 0.4) is 0 Å². The Morgan fingerprint density at radius 2 is 1.89 bits per heavy atom. The van der Waals surface area contributed by atoms with Crippen molar-refractivity contribution in [2.75, 3.05) is 30.9 Å². The van der Waals surface area contributed by atoms with Gasteiger partial charge in [-0.1, -0.05) is 19.1 Å². The van der Waals surface area contributed by atoms with Crippen LogP contribution in [-0.2, 0) is 20.8 Å². The number of carbonyl (C=O) groups excluding carboxylic acids is 3. The number of urea groups is 1. The molecule has 1 heterocycles. The standard InChI is InChI=1S/C25H30BN5O7/c1-3-19(14-36-23(32)13-29-26)38-25(34)28-11-16-5-4-6-17(9-16)30-24(33)31-18-7-8-20(21(10-18)35-2)22-12-27-15-37-22/h4-10,12,15,19,29H,3,11,13-14,26H2,1-2H3,(H,28,34)(H2,30,31,33)/t19-/m1/s1. The number of nitrogens with zero attached hydrogens (tertiary/aromatic N) is 1. The summed E-state index contributed by atoms with van der Waals surface area (Å²) in [5, 5.41) is 10.9. The van der Waals surface area contributed by atoms with Crippen LogP contribution in [0.15, 0.2) is 59.5 Å². The zero-order valence-electron chi connectivity index (χ0n) is 21.4. The Morgan fingerprint density at radius 1 is 1.11 bits per heavy atom. The lowest BCUT2D eigenvalue weighted by Crippen LogP contribution is -2.32. The van der Waals surface area contributed by atoms with Crippen molar-refractivity contribution in [3.63, 3.8) is 0 Å². The zero-order valence-corrected chi connectivity index (χ0v) is 21.4. The largest absolute Gasteiger partial charge is 0.496 e. The fraction of sp³-hybridized carbons (Fsp3) is 0.280. The van der Waals surface area contributed by atoms with E-state index < -0.39 is 24.2 Å². The molecule has 3 amide bonds. The van der Waals surface area contributed by atoms with Gasteiger partial charge in [-0.25, -0.2) is 14.6 Å². The Labute approximate surface area is 220 Å². The minimum absolute atomic E-state index is 0.0202. The molecule has 0 aliphatic heterocycles. The summed E-state index contributed by atoms with van der Waals surface area (Å²) >= 11 is 0. The van der Waals surface area contributed by atoms with E-state index in [4.69, 9.17) is 18.6 Å². The van der Waals surface area contributed by atoms with Gasteiger partial charge in [0.1, 0.15) is 18.5 Å². The van der Waals surface area contributed by atoms with E-state index in [0.717, 1.165) is 5.56 Å². The summed E-state index contributed by atoms with van der Waals surface area (Å²) in [6.07, 6.45) is 2.19. The van der Waals surface area contributed by atoms with Crippen molar-refractivity contribution in [1.29, 1.82) is 0 Å². The molecular formula is C25H30BN5O7. The van der Waals surface area contributed by atoms with E-state index >= 15 is 0 Å². The second kappa shape index (κ2) is 14.3. The van der Waals surface area contributed by atoms with Gasteiger partial charge < -0.3 is 39.8 Å². The summed E-state index contributed by atoms with van der Waals surface area (Å²) in [5.74, 6) is 0.636. The summed E-state index contributed by atoms with van der Waals surface area (Å²) in [5.41, 5.74) is 2.50. The average molecular weight is 523 g/mol. The van der Waals surface area contributed by atoms with E-state index in [2.05, 4.69) is 26.2 Å². The molecule has 0 radical (unpaired) electrons. The average Bonchev–Trinajstić information content (AvgIpc) is 3.45. The Bertz CT molecular complexity index is 1220. The lowest BCUT2D eigenvalue weighted by molar-refractivity contribution is -0.145. The van der Waals surface area contributed by atoms with Crippen LogP contribution in [0.5, 0.6) is 5.75 Å². The van der Waals surface area contributed by atoms with Gasteiger partial charge in [0.15, 0.2) is 20.1 Å². The van der Waals surface area contributed by atoms with E-state index in [1.54, 1.807) is 56.6 Å². The third-order valence-electron chi connectivity index (χ3n) is 5.26. The number of alkyl carbamates (subject to hydrolysis) is 1. The molecule has 0 spiro atoms. The van der Waals surface area contributed by atoms with E-state index in [0.29, 0.717) is 34.9 Å². The third kappa shape index (κ3) is 8.55. The minimum Gasteiger partial charge on any atom is -0.496 e. The number of methoxy groups -OCH3 is 1. The van der Waals surface area contributed by atoms with Gasteiger partial charge in [-0.2, -0.15) is 0 Å². The molecule has 0 unspecified atom stereocenters. The van der Waals surface area contributed by atoms with Crippen molar-refractivity contribution < 1.29 is 33.0 Å². The summed E-state index contributed by atoms with van der Waals surface area (Å²) in [7, 11) is 3.16. The molecule has 1 aromatic heterocycles. The molecule has 0 fully saturated rings. The van der Waals surface area contributed by atoms with Gasteiger partial charge in [-0.05, 0) is 36.2 Å². The Balaban J connectivity index is 1.50. The SMILES string of the molecule is BNCC(=O)OC[C@@H](CC)OC(=O)NCc1cccc(NC(=O)Nc2ccc(-c3cnco3)c(OC)c2)c1. The molecule has 0 bridgehead atoms. The minimum atomic E-state index is -0.639. The van der Waals surface area contributed by atoms with E-state index in [1.807, 2.05) is 6.92 Å². The first kappa shape index (κ1) is 28.1. The first-order chi connectivity index (χ1) is 18.4. The Kier molecular flexibility index (Phi) is 10.5. The van der Waals surface area contributed by atoms with Gasteiger partial charge in [0.25, 0.3) is 0 Å². The first-order valence-corrected chi connectivity index (χ1v) is 11.9. The highest BCUT2D eigenvalue weighted by Gasteiger charge is 2.15. The van der Waals surface area contributed by atoms with Gasteiger partial charge in [-0.3, -0.25) is 4.79 Å². The van der Waals surface area contributed by atoms with Gasteiger partial charge in [-0.15, -0.1) is 0 Å². The van der Waals surface area contributed by atoms with Crippen molar-refractivity contribution in [3.05, 3.63) is 60.6 Å². The molecule has 38 heavy (non-hydrogen) atoms. The predicted molar refractivity (Wildman–Crippen MR) is 142 cm³/mol. The molecular weight excluding hydrogens is 493 g/mol. The summed E-state index contributed by atoms with van der Waals surface area (Å²) in [6, 6.07) is 11.7. The number of nitrogens with one attached hydrogen (secondary N) is 4. The van der Waals surface area contributed by atoms with E-state index in [-0.39, 0.29) is 19.7 Å². The van der Waals surface area contributed by atoms with Crippen molar-refractivity contribution >= 4 is 37.4 Å². The van der Waals surface area contributed by atoms with Crippen molar-refractivity contribution in [1.82, 2.24) is 15.5 Å². The molecule has 0 saturated carbocycles. The topological polar surface area (TPSA) is 153 Å². The van der Waals surface area contributed by atoms with Gasteiger partial charge >= 0.3 is 18.1 Å². The number of esters is 1. The molecule has 3 rings (SSSR count). The highest BCUT2D eigenvalue weighted by molar-refractivity contribution is 6.05. The second-order valence-corrected chi connectivity index (χ2v) is 8.06. The normalized spacial score (nSPS) is 11.2. The van der Waals surface area contributed by atoms with Crippen molar-refractivity contribution in [3.8, 4) is 17.1 Å². The summed E-state index contributed by atoms with van der Waals surface area (Å²) in [4.78, 5) is 40.1. The number of anilines is 2. The van der Waals surface area contributed by atoms with Crippen molar-refractivity contribution in [2.24, 2.45) is 0 Å². The third-order valence-corrected chi connectivity index (χ3v) is 5.26. The lowest BCUT2D eigenvalue weighted by atomic mass is 10.1. The fourth-order valence-electron chi connectivity index (χ4n) is 3.36. The molecule has 12 nitrogen and oxygen atoms in total. The number of oxazole rings is 1. The number of ether oxygens (including phenoxy) is 3. The first-order valence-electron chi connectivity index (χ1n) is 11.9. The quantitative estimate of drug-likeness (QED) is 0.207. The molecule has 0 saturated heterocycles. The highest BCUT2D eigenvalue weighted by atomic mass is 16.6. The molecule has 0 aliphatic rings. The van der Waals surface area contributed by atoms with Crippen LogP contribution in [0, 0.1) is 0 Å². The van der Waals surface area contributed by atoms with Crippen LogP contribution in [0.25, 0.3) is 11.3 Å². The molecule has 3 aromatic rings. The number of rotatable bonds is 12. The van der Waals surface area contributed by atoms with Crippen LogP contribution >= 0.6 is 0 Å². The molecule has 1 atom stereocenters. The zero-order chi connectivity index (χ0) is 27.3. The van der Waals surface area contributed by atoms with Gasteiger partial charge in [0, 0.05) is 24.0 Å². The predicted octanol–water partition coefficient (Wildman–Crippen LogP) is 2.68. The van der Waals surface area contributed by atoms with Gasteiger partial charge in [0.2, 0.25) is 0 Å².